The van der Waals surface area contributed by atoms with E-state index in [2.05, 4.69) is 5.32 Å². The molecule has 3 aromatic rings. The molecule has 1 heterocycles. The fourth-order valence-corrected chi connectivity index (χ4v) is 4.50. The lowest BCUT2D eigenvalue weighted by Gasteiger charge is -2.14. The second kappa shape index (κ2) is 12.2. The molecule has 1 saturated heterocycles. The van der Waals surface area contributed by atoms with Gasteiger partial charge in [-0.2, -0.15) is 0 Å². The molecule has 41 heavy (non-hydrogen) atoms. The number of carbonyl (C=O) groups excluding carboxylic acids is 3. The Morgan fingerprint density at radius 1 is 0.976 bits per heavy atom. The summed E-state index contributed by atoms with van der Waals surface area (Å²) in [5, 5.41) is 24.6. The minimum Gasteiger partial charge on any atom is -0.497 e. The van der Waals surface area contributed by atoms with E-state index in [1.165, 1.54) is 32.4 Å². The van der Waals surface area contributed by atoms with Crippen LogP contribution in [0, 0.1) is 20.2 Å². The van der Waals surface area contributed by atoms with Crippen molar-refractivity contribution in [3.8, 4) is 23.0 Å². The molecule has 14 nitrogen and oxygen atoms in total. The van der Waals surface area contributed by atoms with Crippen LogP contribution in [0.4, 0.5) is 21.9 Å². The van der Waals surface area contributed by atoms with Crippen LogP contribution in [0.3, 0.4) is 0 Å². The van der Waals surface area contributed by atoms with Crippen molar-refractivity contribution in [2.24, 2.45) is 0 Å². The summed E-state index contributed by atoms with van der Waals surface area (Å²) in [6, 6.07) is 13.9. The van der Waals surface area contributed by atoms with Crippen molar-refractivity contribution in [2.45, 2.75) is 0 Å². The fourth-order valence-electron chi connectivity index (χ4n) is 3.67. The van der Waals surface area contributed by atoms with Gasteiger partial charge in [-0.3, -0.25) is 39.5 Å². The van der Waals surface area contributed by atoms with Crippen molar-refractivity contribution in [2.75, 3.05) is 26.1 Å². The third kappa shape index (κ3) is 6.42. The first-order chi connectivity index (χ1) is 19.6. The highest BCUT2D eigenvalue weighted by Gasteiger charge is 2.36. The molecule has 0 atom stereocenters. The van der Waals surface area contributed by atoms with Crippen molar-refractivity contribution >= 4 is 52.0 Å². The number of hydrogen-bond acceptors (Lipinski definition) is 11. The predicted molar refractivity (Wildman–Crippen MR) is 147 cm³/mol. The van der Waals surface area contributed by atoms with Gasteiger partial charge in [0.05, 0.1) is 35.0 Å². The van der Waals surface area contributed by atoms with Crippen LogP contribution >= 0.6 is 11.8 Å². The first kappa shape index (κ1) is 28.6. The number of methoxy groups -OCH3 is 2. The van der Waals surface area contributed by atoms with Crippen LogP contribution in [-0.4, -0.2) is 52.6 Å². The van der Waals surface area contributed by atoms with E-state index in [0.717, 1.165) is 23.1 Å². The van der Waals surface area contributed by atoms with Crippen molar-refractivity contribution in [1.29, 1.82) is 0 Å². The lowest BCUT2D eigenvalue weighted by atomic mass is 10.1. The summed E-state index contributed by atoms with van der Waals surface area (Å²) in [6.45, 7) is -0.537. The molecule has 3 aromatic carbocycles. The minimum atomic E-state index is -0.834. The van der Waals surface area contributed by atoms with E-state index in [-0.39, 0.29) is 27.7 Å². The third-order valence-corrected chi connectivity index (χ3v) is 6.53. The molecule has 1 aliphatic rings. The van der Waals surface area contributed by atoms with Gasteiger partial charge in [0, 0.05) is 17.3 Å². The molecule has 210 valence electrons. The van der Waals surface area contributed by atoms with E-state index < -0.39 is 44.8 Å². The number of anilines is 1. The Morgan fingerprint density at radius 3 is 2.34 bits per heavy atom. The minimum absolute atomic E-state index is 0.0384. The number of nitro groups is 2. The quantitative estimate of drug-likeness (QED) is 0.194. The first-order valence-electron chi connectivity index (χ1n) is 11.6. The van der Waals surface area contributed by atoms with E-state index in [1.807, 2.05) is 0 Å². The maximum Gasteiger partial charge on any atom is 0.318 e. The Kier molecular flexibility index (Phi) is 8.48. The second-order valence-electron chi connectivity index (χ2n) is 8.19. The summed E-state index contributed by atoms with van der Waals surface area (Å²) in [7, 11) is 2.83. The van der Waals surface area contributed by atoms with Gasteiger partial charge < -0.3 is 19.5 Å². The van der Waals surface area contributed by atoms with Gasteiger partial charge >= 0.3 is 5.69 Å². The number of ether oxygens (including phenoxy) is 3. The number of imide groups is 1. The predicted octanol–water partition coefficient (Wildman–Crippen LogP) is 4.99. The zero-order valence-electron chi connectivity index (χ0n) is 21.4. The molecule has 0 bridgehead atoms. The van der Waals surface area contributed by atoms with Gasteiger partial charge in [-0.1, -0.05) is 12.1 Å². The molecule has 0 spiro atoms. The van der Waals surface area contributed by atoms with Crippen molar-refractivity contribution in [3.63, 3.8) is 0 Å². The largest absolute Gasteiger partial charge is 0.497 e. The SMILES string of the molecule is COc1ccc(NC(=O)CN2C(=O)S/C(=C/c3cccc(OC)c3Oc3ccc([N+](=O)[O-])cc3[N+](=O)[O-])C2=O)cc1. The van der Waals surface area contributed by atoms with Gasteiger partial charge in [-0.15, -0.1) is 0 Å². The average Bonchev–Trinajstić information content (AvgIpc) is 3.21. The van der Waals surface area contributed by atoms with E-state index in [9.17, 15) is 34.6 Å². The lowest BCUT2D eigenvalue weighted by molar-refractivity contribution is -0.394. The van der Waals surface area contributed by atoms with Crippen LogP contribution in [0.15, 0.2) is 65.6 Å². The van der Waals surface area contributed by atoms with Gasteiger partial charge in [0.2, 0.25) is 11.7 Å². The fraction of sp³-hybridized carbons (Fsp3) is 0.115. The number of nitro benzene ring substituents is 2. The maximum absolute atomic E-state index is 13.1. The van der Waals surface area contributed by atoms with E-state index >= 15 is 0 Å². The van der Waals surface area contributed by atoms with Gasteiger partial charge in [0.15, 0.2) is 11.5 Å². The number of non-ortho nitro benzene ring substituents is 1. The Labute approximate surface area is 235 Å². The van der Waals surface area contributed by atoms with E-state index in [4.69, 9.17) is 14.2 Å². The number of benzene rings is 3. The number of nitrogens with one attached hydrogen (secondary N) is 1. The highest BCUT2D eigenvalue weighted by atomic mass is 32.2. The van der Waals surface area contributed by atoms with Gasteiger partial charge in [0.1, 0.15) is 12.3 Å². The highest BCUT2D eigenvalue weighted by molar-refractivity contribution is 8.18. The summed E-state index contributed by atoms with van der Waals surface area (Å²) in [6.07, 6.45) is 1.32. The number of para-hydroxylation sites is 1. The third-order valence-electron chi connectivity index (χ3n) is 5.63. The second-order valence-corrected chi connectivity index (χ2v) is 9.18. The van der Waals surface area contributed by atoms with Gasteiger partial charge in [0.25, 0.3) is 16.8 Å². The molecule has 1 fully saturated rings. The Hall–Kier alpha value is -5.44. The molecular formula is C26H20N4O10S. The van der Waals surface area contributed by atoms with Gasteiger partial charge in [-0.05, 0) is 54.2 Å². The molecule has 0 saturated carbocycles. The Morgan fingerprint density at radius 2 is 1.71 bits per heavy atom. The molecule has 0 aliphatic carbocycles. The molecule has 1 N–H and O–H groups in total. The zero-order chi connectivity index (χ0) is 29.7. The summed E-state index contributed by atoms with van der Waals surface area (Å²) in [5.41, 5.74) is -0.518. The van der Waals surface area contributed by atoms with Crippen molar-refractivity contribution in [1.82, 2.24) is 4.90 Å². The van der Waals surface area contributed by atoms with Crippen LogP contribution in [0.1, 0.15) is 5.56 Å². The monoisotopic (exact) mass is 580 g/mol. The molecule has 0 unspecified atom stereocenters. The van der Waals surface area contributed by atoms with E-state index in [0.29, 0.717) is 23.2 Å². The number of carbonyl (C=O) groups is 3. The zero-order valence-corrected chi connectivity index (χ0v) is 22.2. The van der Waals surface area contributed by atoms with Crippen LogP contribution in [0.25, 0.3) is 6.08 Å². The van der Waals surface area contributed by atoms with E-state index in [1.54, 1.807) is 30.3 Å². The molecule has 0 aromatic heterocycles. The normalized spacial score (nSPS) is 13.7. The molecule has 4 rings (SSSR count). The number of amides is 3. The summed E-state index contributed by atoms with van der Waals surface area (Å²) in [5.74, 6) is -0.985. The van der Waals surface area contributed by atoms with Crippen LogP contribution in [0.2, 0.25) is 0 Å². The summed E-state index contributed by atoms with van der Waals surface area (Å²) < 4.78 is 16.2. The molecular weight excluding hydrogens is 560 g/mol. The first-order valence-corrected chi connectivity index (χ1v) is 12.4. The molecule has 3 amide bonds. The number of rotatable bonds is 10. The van der Waals surface area contributed by atoms with Crippen molar-refractivity contribution in [3.05, 3.63) is 91.4 Å². The Bertz CT molecular complexity index is 1590. The molecule has 1 aliphatic heterocycles. The lowest BCUT2D eigenvalue weighted by Crippen LogP contribution is -2.36. The Balaban J connectivity index is 1.59. The van der Waals surface area contributed by atoms with Crippen LogP contribution in [-0.2, 0) is 9.59 Å². The maximum atomic E-state index is 13.1. The summed E-state index contributed by atoms with van der Waals surface area (Å²) in [4.78, 5) is 60.0. The topological polar surface area (TPSA) is 180 Å². The van der Waals surface area contributed by atoms with Crippen molar-refractivity contribution < 1.29 is 38.4 Å². The van der Waals surface area contributed by atoms with Gasteiger partial charge in [-0.25, -0.2) is 0 Å². The summed E-state index contributed by atoms with van der Waals surface area (Å²) >= 11 is 0.594. The standard InChI is InChI=1S/C26H20N4O10S/c1-38-18-9-6-16(7-10-18)27-23(31)14-28-25(32)22(41-26(28)33)12-15-4-3-5-21(39-2)24(15)40-20-11-8-17(29(34)35)13-19(20)30(36)37/h3-13H,14H2,1-2H3,(H,27,31)/b22-12+. The highest BCUT2D eigenvalue weighted by Crippen LogP contribution is 2.42. The molecule has 0 radical (unpaired) electrons. The van der Waals surface area contributed by atoms with Crippen LogP contribution < -0.4 is 19.5 Å². The average molecular weight is 581 g/mol. The number of nitrogens with zero attached hydrogens (tertiary/aromatic N) is 3. The number of hydrogen-bond donors (Lipinski definition) is 1. The van der Waals surface area contributed by atoms with Crippen LogP contribution in [0.5, 0.6) is 23.0 Å². The smallest absolute Gasteiger partial charge is 0.318 e. The molecule has 15 heteroatoms. The number of thioether (sulfide) groups is 1.